The lowest BCUT2D eigenvalue weighted by Crippen LogP contribution is -2.56. The molecule has 0 spiro atoms. The second kappa shape index (κ2) is 4.90. The van der Waals surface area contributed by atoms with Crippen LogP contribution in [-0.2, 0) is 9.53 Å². The van der Waals surface area contributed by atoms with Gasteiger partial charge in [0.25, 0.3) is 0 Å². The van der Waals surface area contributed by atoms with Crippen molar-refractivity contribution < 1.29 is 9.53 Å². The fourth-order valence-electron chi connectivity index (χ4n) is 2.06. The highest BCUT2D eigenvalue weighted by Gasteiger charge is 2.50. The van der Waals surface area contributed by atoms with E-state index < -0.39 is 5.41 Å². The van der Waals surface area contributed by atoms with E-state index in [1.54, 1.807) is 7.11 Å². The van der Waals surface area contributed by atoms with Gasteiger partial charge in [-0.2, -0.15) is 0 Å². The number of nitrogens with two attached hydrogens (primary N) is 1. The van der Waals surface area contributed by atoms with Gasteiger partial charge in [-0.1, -0.05) is 19.1 Å². The number of thiocarbonyl (C=S) groups is 1. The number of methoxy groups -OCH3 is 1. The summed E-state index contributed by atoms with van der Waals surface area (Å²) in [7, 11) is 1.60. The predicted molar refractivity (Wildman–Crippen MR) is 62.5 cm³/mol. The van der Waals surface area contributed by atoms with Gasteiger partial charge in [-0.15, -0.1) is 0 Å². The van der Waals surface area contributed by atoms with Crippen molar-refractivity contribution in [3.8, 4) is 0 Å². The quantitative estimate of drug-likeness (QED) is 0.532. The molecule has 0 aliphatic heterocycles. The summed E-state index contributed by atoms with van der Waals surface area (Å²) in [5.74, 6) is 0.477. The van der Waals surface area contributed by atoms with Crippen molar-refractivity contribution in [1.82, 2.24) is 5.32 Å². The van der Waals surface area contributed by atoms with E-state index in [9.17, 15) is 4.79 Å². The van der Waals surface area contributed by atoms with Gasteiger partial charge in [0, 0.05) is 13.7 Å². The fraction of sp³-hybridized carbons (Fsp3) is 0.800. The Balaban J connectivity index is 2.51. The van der Waals surface area contributed by atoms with Crippen molar-refractivity contribution >= 4 is 23.1 Å². The Kier molecular flexibility index (Phi) is 4.04. The zero-order chi connectivity index (χ0) is 11.5. The summed E-state index contributed by atoms with van der Waals surface area (Å²) in [6, 6.07) is 0. The maximum absolute atomic E-state index is 11.9. The standard InChI is InChI=1S/C10H18N2O2S/c1-7-5-10(6-7,8(11)15)9(13)12-3-4-14-2/h7H,3-6H2,1-2H3,(H2,11,15)(H,12,13). The van der Waals surface area contributed by atoms with Crippen molar-refractivity contribution in [2.75, 3.05) is 20.3 Å². The molecule has 3 N–H and O–H groups in total. The number of carbonyl (C=O) groups excluding carboxylic acids is 1. The summed E-state index contributed by atoms with van der Waals surface area (Å²) in [5.41, 5.74) is 5.04. The van der Waals surface area contributed by atoms with Crippen molar-refractivity contribution in [1.29, 1.82) is 0 Å². The van der Waals surface area contributed by atoms with Crippen LogP contribution < -0.4 is 11.1 Å². The van der Waals surface area contributed by atoms with Gasteiger partial charge < -0.3 is 15.8 Å². The first-order chi connectivity index (χ1) is 7.03. The minimum Gasteiger partial charge on any atom is -0.392 e. The molecule has 0 bridgehead atoms. The van der Waals surface area contributed by atoms with E-state index in [0.717, 1.165) is 12.8 Å². The van der Waals surface area contributed by atoms with E-state index in [1.807, 2.05) is 0 Å². The van der Waals surface area contributed by atoms with E-state index in [1.165, 1.54) is 0 Å². The number of amides is 1. The molecule has 86 valence electrons. The van der Waals surface area contributed by atoms with Crippen LogP contribution in [-0.4, -0.2) is 31.2 Å². The summed E-state index contributed by atoms with van der Waals surface area (Å²) in [5, 5.41) is 2.80. The van der Waals surface area contributed by atoms with E-state index >= 15 is 0 Å². The first-order valence-corrected chi connectivity index (χ1v) is 5.51. The minimum absolute atomic E-state index is 0.0508. The molecule has 5 heteroatoms. The molecule has 1 saturated carbocycles. The van der Waals surface area contributed by atoms with Crippen molar-refractivity contribution in [3.63, 3.8) is 0 Å². The Bertz CT molecular complexity index is 262. The molecule has 0 aromatic heterocycles. The zero-order valence-electron chi connectivity index (χ0n) is 9.21. The van der Waals surface area contributed by atoms with Gasteiger partial charge in [0.1, 0.15) is 0 Å². The molecule has 1 rings (SSSR count). The van der Waals surface area contributed by atoms with Gasteiger partial charge in [0.2, 0.25) is 5.91 Å². The Hall–Kier alpha value is -0.680. The van der Waals surface area contributed by atoms with Crippen LogP contribution in [0.15, 0.2) is 0 Å². The predicted octanol–water partition coefficient (Wildman–Crippen LogP) is 0.451. The molecular formula is C10H18N2O2S. The molecule has 0 unspecified atom stereocenters. The highest BCUT2D eigenvalue weighted by atomic mass is 32.1. The fourth-order valence-corrected chi connectivity index (χ4v) is 2.32. The number of hydrogen-bond donors (Lipinski definition) is 2. The zero-order valence-corrected chi connectivity index (χ0v) is 10.0. The molecule has 4 nitrogen and oxygen atoms in total. The number of carbonyl (C=O) groups is 1. The molecule has 0 atom stereocenters. The number of nitrogens with one attached hydrogen (secondary N) is 1. The van der Waals surface area contributed by atoms with Crippen LogP contribution in [0.3, 0.4) is 0 Å². The second-order valence-corrected chi connectivity index (χ2v) is 4.65. The first-order valence-electron chi connectivity index (χ1n) is 5.10. The van der Waals surface area contributed by atoms with Crippen LogP contribution in [0.5, 0.6) is 0 Å². The topological polar surface area (TPSA) is 64.3 Å². The van der Waals surface area contributed by atoms with E-state index in [-0.39, 0.29) is 5.91 Å². The Morgan fingerprint density at radius 2 is 2.27 bits per heavy atom. The molecule has 1 fully saturated rings. The molecular weight excluding hydrogens is 212 g/mol. The molecule has 0 saturated heterocycles. The molecule has 0 heterocycles. The third-order valence-electron chi connectivity index (χ3n) is 2.89. The highest BCUT2D eigenvalue weighted by Crippen LogP contribution is 2.45. The van der Waals surface area contributed by atoms with Gasteiger partial charge >= 0.3 is 0 Å². The molecule has 0 aromatic rings. The third-order valence-corrected chi connectivity index (χ3v) is 3.28. The van der Waals surface area contributed by atoms with Crippen molar-refractivity contribution in [3.05, 3.63) is 0 Å². The summed E-state index contributed by atoms with van der Waals surface area (Å²) < 4.78 is 4.86. The summed E-state index contributed by atoms with van der Waals surface area (Å²) in [6.45, 7) is 3.11. The van der Waals surface area contributed by atoms with Gasteiger partial charge in [0.05, 0.1) is 17.0 Å². The van der Waals surface area contributed by atoms with Crippen molar-refractivity contribution in [2.24, 2.45) is 17.1 Å². The lowest BCUT2D eigenvalue weighted by Gasteiger charge is -2.44. The summed E-state index contributed by atoms with van der Waals surface area (Å²) >= 11 is 4.97. The van der Waals surface area contributed by atoms with Crippen LogP contribution in [0, 0.1) is 11.3 Å². The summed E-state index contributed by atoms with van der Waals surface area (Å²) in [6.07, 6.45) is 1.53. The van der Waals surface area contributed by atoms with Crippen LogP contribution in [0.4, 0.5) is 0 Å². The molecule has 1 amide bonds. The average molecular weight is 230 g/mol. The molecule has 0 aromatic carbocycles. The molecule has 15 heavy (non-hydrogen) atoms. The monoisotopic (exact) mass is 230 g/mol. The molecule has 1 aliphatic carbocycles. The van der Waals surface area contributed by atoms with Gasteiger partial charge in [-0.25, -0.2) is 0 Å². The minimum atomic E-state index is -0.595. The van der Waals surface area contributed by atoms with Crippen LogP contribution in [0.1, 0.15) is 19.8 Å². The van der Waals surface area contributed by atoms with E-state index in [2.05, 4.69) is 12.2 Å². The summed E-state index contributed by atoms with van der Waals surface area (Å²) in [4.78, 5) is 12.2. The molecule has 0 radical (unpaired) electrons. The highest BCUT2D eigenvalue weighted by molar-refractivity contribution is 7.80. The SMILES string of the molecule is COCCNC(=O)C1(C(N)=S)CC(C)C1. The number of rotatable bonds is 5. The lowest BCUT2D eigenvalue weighted by atomic mass is 9.62. The second-order valence-electron chi connectivity index (χ2n) is 4.21. The van der Waals surface area contributed by atoms with Crippen LogP contribution in [0.25, 0.3) is 0 Å². The van der Waals surface area contributed by atoms with Gasteiger partial charge in [0.15, 0.2) is 0 Å². The van der Waals surface area contributed by atoms with Gasteiger partial charge in [-0.3, -0.25) is 4.79 Å². The third kappa shape index (κ3) is 2.46. The average Bonchev–Trinajstić information content (AvgIpc) is 2.12. The lowest BCUT2D eigenvalue weighted by molar-refractivity contribution is -0.133. The number of ether oxygens (including phenoxy) is 1. The van der Waals surface area contributed by atoms with Crippen LogP contribution in [0.2, 0.25) is 0 Å². The normalized spacial score (nSPS) is 29.3. The van der Waals surface area contributed by atoms with Crippen LogP contribution >= 0.6 is 12.2 Å². The largest absolute Gasteiger partial charge is 0.392 e. The van der Waals surface area contributed by atoms with Gasteiger partial charge in [-0.05, 0) is 18.8 Å². The maximum Gasteiger partial charge on any atom is 0.233 e. The first kappa shape index (κ1) is 12.4. The van der Waals surface area contributed by atoms with E-state index in [4.69, 9.17) is 22.7 Å². The number of hydrogen-bond acceptors (Lipinski definition) is 3. The smallest absolute Gasteiger partial charge is 0.233 e. The Morgan fingerprint density at radius 3 is 2.67 bits per heavy atom. The van der Waals surface area contributed by atoms with E-state index in [0.29, 0.717) is 24.1 Å². The Labute approximate surface area is 95.5 Å². The van der Waals surface area contributed by atoms with Crippen molar-refractivity contribution in [2.45, 2.75) is 19.8 Å². The maximum atomic E-state index is 11.9. The molecule has 1 aliphatic rings. The Morgan fingerprint density at radius 1 is 1.67 bits per heavy atom.